The van der Waals surface area contributed by atoms with Crippen molar-refractivity contribution in [1.82, 2.24) is 0 Å². The molecule has 2 N–H and O–H groups in total. The molecular weight excluding hydrogens is 366 g/mol. The largest absolute Gasteiger partial charge is 0.326 e. The molecule has 0 aromatic heterocycles. The van der Waals surface area contributed by atoms with Gasteiger partial charge in [-0.05, 0) is 45.5 Å². The Balaban J connectivity index is 1.73. The zero-order chi connectivity index (χ0) is 20.8. The van der Waals surface area contributed by atoms with Crippen LogP contribution in [0.25, 0.3) is 28.3 Å². The van der Waals surface area contributed by atoms with E-state index >= 15 is 0 Å². The van der Waals surface area contributed by atoms with E-state index in [2.05, 4.69) is 54.6 Å². The smallest absolute Gasteiger partial charge is 0.185 e. The standard InChI is InChI=1S/C28H23NO/c29-20-22-11-15-24(16-12-22)27-19-21(13-17-26(27)23-7-3-1-4-8-23)14-18-28(30)25-9-5-2-6-10-25/h1-19H,20,29H2. The van der Waals surface area contributed by atoms with Crippen molar-refractivity contribution in [2.75, 3.05) is 0 Å². The summed E-state index contributed by atoms with van der Waals surface area (Å²) >= 11 is 0. The van der Waals surface area contributed by atoms with Crippen LogP contribution in [0.5, 0.6) is 0 Å². The molecule has 0 amide bonds. The highest BCUT2D eigenvalue weighted by Crippen LogP contribution is 2.33. The van der Waals surface area contributed by atoms with E-state index in [1.54, 1.807) is 6.08 Å². The second-order valence-electron chi connectivity index (χ2n) is 7.14. The first-order chi connectivity index (χ1) is 14.7. The van der Waals surface area contributed by atoms with Gasteiger partial charge in [0.15, 0.2) is 5.78 Å². The summed E-state index contributed by atoms with van der Waals surface area (Å²) < 4.78 is 0. The van der Waals surface area contributed by atoms with E-state index in [9.17, 15) is 4.79 Å². The Morgan fingerprint density at radius 3 is 2.00 bits per heavy atom. The van der Waals surface area contributed by atoms with Crippen LogP contribution in [0, 0.1) is 0 Å². The van der Waals surface area contributed by atoms with Crippen LogP contribution >= 0.6 is 0 Å². The zero-order valence-electron chi connectivity index (χ0n) is 16.7. The maximum Gasteiger partial charge on any atom is 0.185 e. The van der Waals surface area contributed by atoms with E-state index in [0.717, 1.165) is 33.4 Å². The summed E-state index contributed by atoms with van der Waals surface area (Å²) in [6.45, 7) is 0.524. The van der Waals surface area contributed by atoms with Crippen LogP contribution in [0.2, 0.25) is 0 Å². The third-order valence-corrected chi connectivity index (χ3v) is 5.11. The van der Waals surface area contributed by atoms with Gasteiger partial charge in [0.1, 0.15) is 0 Å². The van der Waals surface area contributed by atoms with Crippen molar-refractivity contribution >= 4 is 11.9 Å². The maximum atomic E-state index is 12.4. The Bertz CT molecular complexity index is 1160. The molecular formula is C28H23NO. The molecule has 0 heterocycles. The molecule has 0 saturated carbocycles. The molecule has 0 saturated heterocycles. The lowest BCUT2D eigenvalue weighted by molar-refractivity contribution is 0.104. The van der Waals surface area contributed by atoms with Crippen LogP contribution in [0.15, 0.2) is 109 Å². The number of benzene rings is 4. The second kappa shape index (κ2) is 9.17. The molecule has 0 unspecified atom stereocenters. The average molecular weight is 389 g/mol. The summed E-state index contributed by atoms with van der Waals surface area (Å²) in [6, 6.07) is 34.3. The molecule has 0 aliphatic carbocycles. The molecule has 30 heavy (non-hydrogen) atoms. The van der Waals surface area contributed by atoms with Crippen LogP contribution in [-0.2, 0) is 6.54 Å². The summed E-state index contributed by atoms with van der Waals surface area (Å²) in [6.07, 6.45) is 3.51. The van der Waals surface area contributed by atoms with E-state index < -0.39 is 0 Å². The van der Waals surface area contributed by atoms with Gasteiger partial charge in [0, 0.05) is 12.1 Å². The van der Waals surface area contributed by atoms with E-state index in [-0.39, 0.29) is 5.78 Å². The molecule has 0 aliphatic heterocycles. The highest BCUT2D eigenvalue weighted by Gasteiger charge is 2.09. The van der Waals surface area contributed by atoms with Gasteiger partial charge in [-0.25, -0.2) is 0 Å². The number of carbonyl (C=O) groups is 1. The van der Waals surface area contributed by atoms with Crippen LogP contribution in [0.3, 0.4) is 0 Å². The van der Waals surface area contributed by atoms with Crippen molar-refractivity contribution in [3.8, 4) is 22.3 Å². The molecule has 2 nitrogen and oxygen atoms in total. The Morgan fingerprint density at radius 1 is 0.700 bits per heavy atom. The van der Waals surface area contributed by atoms with Crippen LogP contribution in [0.1, 0.15) is 21.5 Å². The first-order valence-electron chi connectivity index (χ1n) is 10.0. The first kappa shape index (κ1) is 19.6. The van der Waals surface area contributed by atoms with Crippen molar-refractivity contribution in [3.05, 3.63) is 126 Å². The number of rotatable bonds is 6. The molecule has 4 rings (SSSR count). The molecule has 0 radical (unpaired) electrons. The number of hydrogen-bond donors (Lipinski definition) is 1. The summed E-state index contributed by atoms with van der Waals surface area (Å²) in [7, 11) is 0. The van der Waals surface area contributed by atoms with Crippen molar-refractivity contribution in [2.45, 2.75) is 6.54 Å². The predicted molar refractivity (Wildman–Crippen MR) is 125 cm³/mol. The fraction of sp³-hybridized carbons (Fsp3) is 0.0357. The lowest BCUT2D eigenvalue weighted by Gasteiger charge is -2.12. The Hall–Kier alpha value is -3.75. The molecule has 0 spiro atoms. The highest BCUT2D eigenvalue weighted by molar-refractivity contribution is 6.06. The fourth-order valence-electron chi connectivity index (χ4n) is 3.46. The maximum absolute atomic E-state index is 12.4. The van der Waals surface area contributed by atoms with Crippen LogP contribution in [0.4, 0.5) is 0 Å². The van der Waals surface area contributed by atoms with Gasteiger partial charge in [0.05, 0.1) is 0 Å². The average Bonchev–Trinajstić information content (AvgIpc) is 2.83. The monoisotopic (exact) mass is 389 g/mol. The lowest BCUT2D eigenvalue weighted by Crippen LogP contribution is -1.95. The minimum absolute atomic E-state index is 0.00316. The number of allylic oxidation sites excluding steroid dienone is 1. The highest BCUT2D eigenvalue weighted by atomic mass is 16.1. The van der Waals surface area contributed by atoms with Gasteiger partial charge >= 0.3 is 0 Å². The van der Waals surface area contributed by atoms with Crippen LogP contribution in [-0.4, -0.2) is 5.78 Å². The third-order valence-electron chi connectivity index (χ3n) is 5.11. The minimum atomic E-state index is -0.00316. The summed E-state index contributed by atoms with van der Waals surface area (Å²) in [5, 5.41) is 0. The van der Waals surface area contributed by atoms with Crippen LogP contribution < -0.4 is 5.73 Å². The lowest BCUT2D eigenvalue weighted by atomic mass is 9.92. The molecule has 4 aromatic rings. The summed E-state index contributed by atoms with van der Waals surface area (Å²) in [5.41, 5.74) is 13.1. The quantitative estimate of drug-likeness (QED) is 0.307. The Kier molecular flexibility index (Phi) is 5.98. The van der Waals surface area contributed by atoms with Gasteiger partial charge in [-0.3, -0.25) is 4.79 Å². The van der Waals surface area contributed by atoms with Gasteiger partial charge < -0.3 is 5.73 Å². The van der Waals surface area contributed by atoms with Crippen molar-refractivity contribution in [3.63, 3.8) is 0 Å². The number of hydrogen-bond acceptors (Lipinski definition) is 2. The van der Waals surface area contributed by atoms with E-state index in [0.29, 0.717) is 12.1 Å². The van der Waals surface area contributed by atoms with Gasteiger partial charge in [-0.1, -0.05) is 103 Å². The topological polar surface area (TPSA) is 43.1 Å². The fourth-order valence-corrected chi connectivity index (χ4v) is 3.46. The van der Waals surface area contributed by atoms with Gasteiger partial charge in [-0.15, -0.1) is 0 Å². The summed E-state index contributed by atoms with van der Waals surface area (Å²) in [5.74, 6) is -0.00316. The molecule has 0 atom stereocenters. The Labute approximate surface area is 177 Å². The summed E-state index contributed by atoms with van der Waals surface area (Å²) in [4.78, 5) is 12.4. The molecule has 0 aliphatic rings. The molecule has 4 aromatic carbocycles. The minimum Gasteiger partial charge on any atom is -0.326 e. The SMILES string of the molecule is NCc1ccc(-c2cc(C=CC(=O)c3ccccc3)ccc2-c2ccccc2)cc1. The van der Waals surface area contributed by atoms with Crippen molar-refractivity contribution in [2.24, 2.45) is 5.73 Å². The zero-order valence-corrected chi connectivity index (χ0v) is 16.7. The number of nitrogens with two attached hydrogens (primary N) is 1. The van der Waals surface area contributed by atoms with Gasteiger partial charge in [0.25, 0.3) is 0 Å². The third kappa shape index (κ3) is 4.45. The van der Waals surface area contributed by atoms with E-state index in [1.807, 2.05) is 54.6 Å². The number of carbonyl (C=O) groups excluding carboxylic acids is 1. The van der Waals surface area contributed by atoms with Crippen molar-refractivity contribution in [1.29, 1.82) is 0 Å². The molecule has 0 bridgehead atoms. The molecule has 146 valence electrons. The molecule has 0 fully saturated rings. The molecule has 2 heteroatoms. The van der Waals surface area contributed by atoms with E-state index in [4.69, 9.17) is 5.73 Å². The number of ketones is 1. The van der Waals surface area contributed by atoms with Gasteiger partial charge in [-0.2, -0.15) is 0 Å². The normalized spacial score (nSPS) is 11.0. The first-order valence-corrected chi connectivity index (χ1v) is 10.0. The van der Waals surface area contributed by atoms with Gasteiger partial charge in [0.2, 0.25) is 0 Å². The van der Waals surface area contributed by atoms with Crippen molar-refractivity contribution < 1.29 is 4.79 Å². The Morgan fingerprint density at radius 2 is 1.33 bits per heavy atom. The second-order valence-corrected chi connectivity index (χ2v) is 7.14. The van der Waals surface area contributed by atoms with E-state index in [1.165, 1.54) is 0 Å². The predicted octanol–water partition coefficient (Wildman–Crippen LogP) is 6.38.